The average Bonchev–Trinajstić information content (AvgIpc) is 2.62. The first-order valence-electron chi connectivity index (χ1n) is 8.57. The number of piperazine rings is 1. The third-order valence-electron chi connectivity index (χ3n) is 4.67. The zero-order valence-electron chi connectivity index (χ0n) is 14.9. The van der Waals surface area contributed by atoms with Crippen molar-refractivity contribution in [3.8, 4) is 5.75 Å². The van der Waals surface area contributed by atoms with Crippen LogP contribution in [0.3, 0.4) is 0 Å². The Morgan fingerprint density at radius 1 is 1.17 bits per heavy atom. The van der Waals surface area contributed by atoms with Gasteiger partial charge in [0, 0.05) is 38.3 Å². The van der Waals surface area contributed by atoms with E-state index in [-0.39, 0.29) is 11.8 Å². The maximum atomic E-state index is 11.9. The van der Waals surface area contributed by atoms with Gasteiger partial charge < -0.3 is 9.64 Å². The normalized spacial score (nSPS) is 18.5. The van der Waals surface area contributed by atoms with E-state index in [1.807, 2.05) is 24.3 Å². The minimum atomic E-state index is -3.22. The van der Waals surface area contributed by atoms with Crippen LogP contribution in [0, 0.1) is 0 Å². The minimum absolute atomic E-state index is 0.0264. The van der Waals surface area contributed by atoms with E-state index < -0.39 is 10.0 Å². The van der Waals surface area contributed by atoms with Crippen molar-refractivity contribution >= 4 is 10.0 Å². The number of nitrogens with zero attached hydrogens (tertiary/aromatic N) is 2. The maximum Gasteiger partial charge on any atom is 0.211 e. The third-order valence-corrected chi connectivity index (χ3v) is 6.04. The molecule has 2 rings (SSSR count). The van der Waals surface area contributed by atoms with E-state index in [1.54, 1.807) is 14.0 Å². The van der Waals surface area contributed by atoms with Crippen LogP contribution in [0.1, 0.15) is 25.5 Å². The molecule has 1 aliphatic heterocycles. The second kappa shape index (κ2) is 8.80. The van der Waals surface area contributed by atoms with Crippen LogP contribution in [0.15, 0.2) is 24.3 Å². The van der Waals surface area contributed by atoms with Gasteiger partial charge >= 0.3 is 0 Å². The van der Waals surface area contributed by atoms with Crippen LogP contribution in [-0.4, -0.2) is 70.3 Å². The number of benzene rings is 1. The lowest BCUT2D eigenvalue weighted by Crippen LogP contribution is -2.49. The Morgan fingerprint density at radius 3 is 2.42 bits per heavy atom. The first kappa shape index (κ1) is 19.2. The maximum absolute atomic E-state index is 11.9. The smallest absolute Gasteiger partial charge is 0.211 e. The molecular formula is C17H29N3O3S. The van der Waals surface area contributed by atoms with Gasteiger partial charge in [0.05, 0.1) is 18.9 Å². The average molecular weight is 356 g/mol. The highest BCUT2D eigenvalue weighted by Gasteiger charge is 2.27. The largest absolute Gasteiger partial charge is 0.496 e. The topological polar surface area (TPSA) is 61.9 Å². The number of nitrogens with one attached hydrogen (secondary N) is 1. The van der Waals surface area contributed by atoms with E-state index in [0.29, 0.717) is 6.54 Å². The van der Waals surface area contributed by atoms with E-state index in [2.05, 4.69) is 21.4 Å². The van der Waals surface area contributed by atoms with Gasteiger partial charge in [0.2, 0.25) is 10.0 Å². The van der Waals surface area contributed by atoms with E-state index >= 15 is 0 Å². The Balaban J connectivity index is 2.21. The van der Waals surface area contributed by atoms with Crippen LogP contribution < -0.4 is 9.46 Å². The summed E-state index contributed by atoms with van der Waals surface area (Å²) < 4.78 is 32.0. The van der Waals surface area contributed by atoms with E-state index in [1.165, 1.54) is 0 Å². The first-order chi connectivity index (χ1) is 11.5. The first-order valence-corrected chi connectivity index (χ1v) is 10.2. The lowest BCUT2D eigenvalue weighted by atomic mass is 10.0. The number of ether oxygens (including phenoxy) is 1. The molecule has 7 heteroatoms. The highest BCUT2D eigenvalue weighted by atomic mass is 32.2. The fourth-order valence-corrected chi connectivity index (χ4v) is 3.69. The molecule has 1 unspecified atom stereocenters. The molecule has 1 fully saturated rings. The molecule has 0 saturated carbocycles. The van der Waals surface area contributed by atoms with Gasteiger partial charge in [-0.25, -0.2) is 13.1 Å². The summed E-state index contributed by atoms with van der Waals surface area (Å²) in [6.45, 7) is 9.08. The number of rotatable bonds is 8. The highest BCUT2D eigenvalue weighted by Crippen LogP contribution is 2.29. The summed E-state index contributed by atoms with van der Waals surface area (Å²) >= 11 is 0. The third kappa shape index (κ3) is 4.92. The summed E-state index contributed by atoms with van der Waals surface area (Å²) in [5.41, 5.74) is 1.03. The van der Waals surface area contributed by atoms with Crippen LogP contribution >= 0.6 is 0 Å². The van der Waals surface area contributed by atoms with Crippen molar-refractivity contribution in [3.63, 3.8) is 0 Å². The number of para-hydroxylation sites is 1. The van der Waals surface area contributed by atoms with Gasteiger partial charge in [-0.15, -0.1) is 0 Å². The summed E-state index contributed by atoms with van der Waals surface area (Å²) in [5.74, 6) is 0.894. The molecule has 1 aromatic rings. The monoisotopic (exact) mass is 355 g/mol. The summed E-state index contributed by atoms with van der Waals surface area (Å²) in [5, 5.41) is 0. The molecule has 136 valence electrons. The fraction of sp³-hybridized carbons (Fsp3) is 0.647. The molecule has 6 nitrogen and oxygen atoms in total. The van der Waals surface area contributed by atoms with Crippen LogP contribution in [0.2, 0.25) is 0 Å². The molecule has 1 aromatic carbocycles. The van der Waals surface area contributed by atoms with Crippen LogP contribution in [0.5, 0.6) is 5.75 Å². The Morgan fingerprint density at radius 2 is 1.83 bits per heavy atom. The second-order valence-electron chi connectivity index (χ2n) is 5.98. The summed E-state index contributed by atoms with van der Waals surface area (Å²) in [6.07, 6.45) is 0. The minimum Gasteiger partial charge on any atom is -0.496 e. The van der Waals surface area contributed by atoms with Crippen molar-refractivity contribution in [1.29, 1.82) is 0 Å². The van der Waals surface area contributed by atoms with Crippen molar-refractivity contribution in [3.05, 3.63) is 29.8 Å². The number of hydrogen-bond acceptors (Lipinski definition) is 5. The van der Waals surface area contributed by atoms with Gasteiger partial charge in [0.25, 0.3) is 0 Å². The SMILES string of the molecule is CCN1CCN(C(CNS(=O)(=O)CC)c2ccccc2OC)CC1. The van der Waals surface area contributed by atoms with Crippen molar-refractivity contribution in [2.75, 3.05) is 52.1 Å². The molecule has 1 saturated heterocycles. The Bertz CT molecular complexity index is 613. The molecule has 0 radical (unpaired) electrons. The van der Waals surface area contributed by atoms with Gasteiger partial charge in [-0.05, 0) is 19.5 Å². The van der Waals surface area contributed by atoms with Gasteiger partial charge in [0.1, 0.15) is 5.75 Å². The molecule has 0 aliphatic carbocycles. The fourth-order valence-electron chi connectivity index (χ4n) is 3.08. The molecule has 0 aromatic heterocycles. The van der Waals surface area contributed by atoms with Gasteiger partial charge in [-0.2, -0.15) is 0 Å². The zero-order chi connectivity index (χ0) is 17.6. The Hall–Kier alpha value is -1.15. The molecule has 1 atom stereocenters. The zero-order valence-corrected chi connectivity index (χ0v) is 15.7. The van der Waals surface area contributed by atoms with Gasteiger partial charge in [-0.3, -0.25) is 4.90 Å². The van der Waals surface area contributed by atoms with Crippen molar-refractivity contribution < 1.29 is 13.2 Å². The molecule has 1 aliphatic rings. The van der Waals surface area contributed by atoms with E-state index in [9.17, 15) is 8.42 Å². The lowest BCUT2D eigenvalue weighted by Gasteiger charge is -2.39. The van der Waals surface area contributed by atoms with Crippen molar-refractivity contribution in [2.45, 2.75) is 19.9 Å². The van der Waals surface area contributed by atoms with Crippen LogP contribution in [0.4, 0.5) is 0 Å². The standard InChI is InChI=1S/C17H29N3O3S/c1-4-19-10-12-20(13-11-19)16(14-18-24(21,22)5-2)15-8-6-7-9-17(15)23-3/h6-9,16,18H,4-5,10-14H2,1-3H3. The van der Waals surface area contributed by atoms with E-state index in [0.717, 1.165) is 44.0 Å². The van der Waals surface area contributed by atoms with Gasteiger partial charge in [0.15, 0.2) is 0 Å². The molecule has 1 heterocycles. The Labute approximate surface area is 145 Å². The quantitative estimate of drug-likeness (QED) is 0.762. The molecule has 0 bridgehead atoms. The predicted octanol–water partition coefficient (Wildman–Crippen LogP) is 1.31. The predicted molar refractivity (Wildman–Crippen MR) is 96.9 cm³/mol. The van der Waals surface area contributed by atoms with Crippen molar-refractivity contribution in [1.82, 2.24) is 14.5 Å². The number of sulfonamides is 1. The summed E-state index contributed by atoms with van der Waals surface area (Å²) in [6, 6.07) is 7.84. The molecule has 1 N–H and O–H groups in total. The van der Waals surface area contributed by atoms with Gasteiger partial charge in [-0.1, -0.05) is 25.1 Å². The second-order valence-corrected chi connectivity index (χ2v) is 8.08. The molecule has 24 heavy (non-hydrogen) atoms. The molecule has 0 amide bonds. The lowest BCUT2D eigenvalue weighted by molar-refractivity contribution is 0.0993. The molecule has 0 spiro atoms. The molecular weight excluding hydrogens is 326 g/mol. The Kier molecular flexibility index (Phi) is 7.03. The number of methoxy groups -OCH3 is 1. The van der Waals surface area contributed by atoms with E-state index in [4.69, 9.17) is 4.74 Å². The number of likely N-dealkylation sites (N-methyl/N-ethyl adjacent to an activating group) is 1. The van der Waals surface area contributed by atoms with Crippen LogP contribution in [0.25, 0.3) is 0 Å². The summed E-state index contributed by atoms with van der Waals surface area (Å²) in [7, 11) is -1.57. The highest BCUT2D eigenvalue weighted by molar-refractivity contribution is 7.89. The van der Waals surface area contributed by atoms with Crippen LogP contribution in [-0.2, 0) is 10.0 Å². The van der Waals surface area contributed by atoms with Crippen molar-refractivity contribution in [2.24, 2.45) is 0 Å². The number of hydrogen-bond donors (Lipinski definition) is 1. The summed E-state index contributed by atoms with van der Waals surface area (Å²) in [4.78, 5) is 4.76.